The maximum atomic E-state index is 12.0. The van der Waals surface area contributed by atoms with Crippen LogP contribution in [0.15, 0.2) is 0 Å². The molecule has 1 atom stereocenters. The number of hydrogen-bond donors (Lipinski definition) is 2. The lowest BCUT2D eigenvalue weighted by atomic mass is 9.99. The van der Waals surface area contributed by atoms with E-state index < -0.39 is 0 Å². The lowest BCUT2D eigenvalue weighted by molar-refractivity contribution is -0.126. The summed E-state index contributed by atoms with van der Waals surface area (Å²) < 4.78 is 0. The lowest BCUT2D eigenvalue weighted by Gasteiger charge is -2.27. The third kappa shape index (κ3) is 3.60. The molecule has 0 aromatic rings. The van der Waals surface area contributed by atoms with Gasteiger partial charge in [-0.05, 0) is 26.3 Å². The zero-order valence-corrected chi connectivity index (χ0v) is 11.4. The highest BCUT2D eigenvalue weighted by Crippen LogP contribution is 2.18. The van der Waals surface area contributed by atoms with E-state index in [4.69, 9.17) is 0 Å². The van der Waals surface area contributed by atoms with Crippen LogP contribution < -0.4 is 10.6 Å². The van der Waals surface area contributed by atoms with Crippen molar-refractivity contribution >= 4 is 17.7 Å². The first-order valence-electron chi connectivity index (χ1n) is 6.54. The minimum absolute atomic E-state index is 0.168. The fourth-order valence-corrected chi connectivity index (χ4v) is 3.41. The molecule has 98 valence electrons. The van der Waals surface area contributed by atoms with Gasteiger partial charge in [0.05, 0.1) is 5.54 Å². The average Bonchev–Trinajstić information content (AvgIpc) is 2.79. The molecule has 2 heterocycles. The molecule has 5 heteroatoms. The summed E-state index contributed by atoms with van der Waals surface area (Å²) in [5, 5.41) is 6.35. The predicted octanol–water partition coefficient (Wildman–Crippen LogP) is 0.294. The number of thioether (sulfide) groups is 1. The van der Waals surface area contributed by atoms with Crippen molar-refractivity contribution in [2.75, 3.05) is 44.2 Å². The summed E-state index contributed by atoms with van der Waals surface area (Å²) in [5.41, 5.74) is -0.322. The van der Waals surface area contributed by atoms with Crippen molar-refractivity contribution in [2.45, 2.75) is 25.3 Å². The van der Waals surface area contributed by atoms with Crippen molar-refractivity contribution in [3.8, 4) is 0 Å². The number of carbonyl (C=O) groups is 1. The van der Waals surface area contributed by atoms with Gasteiger partial charge in [0.25, 0.3) is 0 Å². The normalized spacial score (nSPS) is 30.4. The van der Waals surface area contributed by atoms with Gasteiger partial charge in [-0.1, -0.05) is 0 Å². The van der Waals surface area contributed by atoms with Crippen LogP contribution in [0.25, 0.3) is 0 Å². The molecular weight excluding hydrogens is 234 g/mol. The number of carbonyl (C=O) groups excluding carboxylic acids is 1. The Kier molecular flexibility index (Phi) is 4.70. The van der Waals surface area contributed by atoms with Crippen LogP contribution in [0.4, 0.5) is 0 Å². The fraction of sp³-hybridized carbons (Fsp3) is 0.917. The SMILES string of the molecule is CC1(C(=O)NCCN2CCSCC2)CCCN1. The molecular formula is C12H23N3OS. The molecule has 0 aliphatic carbocycles. The molecule has 2 aliphatic rings. The monoisotopic (exact) mass is 257 g/mol. The van der Waals surface area contributed by atoms with E-state index in [1.165, 1.54) is 11.5 Å². The molecule has 4 nitrogen and oxygen atoms in total. The van der Waals surface area contributed by atoms with Gasteiger partial charge >= 0.3 is 0 Å². The molecule has 1 amide bonds. The summed E-state index contributed by atoms with van der Waals surface area (Å²) in [6.45, 7) is 7.06. The van der Waals surface area contributed by atoms with Crippen LogP contribution in [0.5, 0.6) is 0 Å². The summed E-state index contributed by atoms with van der Waals surface area (Å²) in [7, 11) is 0. The first-order chi connectivity index (χ1) is 8.21. The van der Waals surface area contributed by atoms with Crippen LogP contribution >= 0.6 is 11.8 Å². The van der Waals surface area contributed by atoms with Crippen molar-refractivity contribution in [3.05, 3.63) is 0 Å². The highest BCUT2D eigenvalue weighted by molar-refractivity contribution is 7.99. The molecule has 2 rings (SSSR count). The summed E-state index contributed by atoms with van der Waals surface area (Å²) in [6, 6.07) is 0. The molecule has 0 aromatic carbocycles. The standard InChI is InChI=1S/C12H23N3OS/c1-12(3-2-4-14-12)11(16)13-5-6-15-7-9-17-10-8-15/h14H,2-10H2,1H3,(H,13,16). The summed E-state index contributed by atoms with van der Waals surface area (Å²) in [5.74, 6) is 2.63. The minimum Gasteiger partial charge on any atom is -0.353 e. The molecule has 0 bridgehead atoms. The first kappa shape index (κ1) is 13.2. The van der Waals surface area contributed by atoms with Crippen LogP contribution in [0.3, 0.4) is 0 Å². The second-order valence-corrected chi connectivity index (χ2v) is 6.30. The van der Waals surface area contributed by atoms with Crippen molar-refractivity contribution in [3.63, 3.8) is 0 Å². The highest BCUT2D eigenvalue weighted by Gasteiger charge is 2.35. The average molecular weight is 257 g/mol. The van der Waals surface area contributed by atoms with Gasteiger partial charge in [0.1, 0.15) is 0 Å². The maximum Gasteiger partial charge on any atom is 0.240 e. The third-order valence-electron chi connectivity index (χ3n) is 3.69. The largest absolute Gasteiger partial charge is 0.353 e. The molecule has 0 saturated carbocycles. The van der Waals surface area contributed by atoms with Gasteiger partial charge in [0.15, 0.2) is 0 Å². The zero-order chi connectivity index (χ0) is 12.1. The molecule has 0 aromatic heterocycles. The summed E-state index contributed by atoms with van der Waals surface area (Å²) >= 11 is 2.02. The van der Waals surface area contributed by atoms with E-state index in [-0.39, 0.29) is 11.4 Å². The minimum atomic E-state index is -0.322. The van der Waals surface area contributed by atoms with Gasteiger partial charge < -0.3 is 10.6 Å². The van der Waals surface area contributed by atoms with Gasteiger partial charge in [0, 0.05) is 37.7 Å². The number of rotatable bonds is 4. The van der Waals surface area contributed by atoms with Crippen molar-refractivity contribution in [1.82, 2.24) is 15.5 Å². The first-order valence-corrected chi connectivity index (χ1v) is 7.70. The molecule has 2 aliphatic heterocycles. The second-order valence-electron chi connectivity index (χ2n) is 5.07. The Hall–Kier alpha value is -0.260. The van der Waals surface area contributed by atoms with Crippen molar-refractivity contribution < 1.29 is 4.79 Å². The number of hydrogen-bond acceptors (Lipinski definition) is 4. The summed E-state index contributed by atoms with van der Waals surface area (Å²) in [4.78, 5) is 14.4. The van der Waals surface area contributed by atoms with Crippen LogP contribution in [0.1, 0.15) is 19.8 Å². The summed E-state index contributed by atoms with van der Waals surface area (Å²) in [6.07, 6.45) is 2.06. The Morgan fingerprint density at radius 1 is 1.47 bits per heavy atom. The highest BCUT2D eigenvalue weighted by atomic mass is 32.2. The maximum absolute atomic E-state index is 12.0. The predicted molar refractivity (Wildman–Crippen MR) is 72.4 cm³/mol. The van der Waals surface area contributed by atoms with Gasteiger partial charge in [-0.15, -0.1) is 0 Å². The van der Waals surface area contributed by atoms with E-state index in [1.807, 2.05) is 18.7 Å². The van der Waals surface area contributed by atoms with E-state index in [0.717, 1.165) is 45.6 Å². The molecule has 0 radical (unpaired) electrons. The molecule has 0 spiro atoms. The molecule has 1 unspecified atom stereocenters. The molecule has 2 fully saturated rings. The van der Waals surface area contributed by atoms with Gasteiger partial charge in [-0.2, -0.15) is 11.8 Å². The van der Waals surface area contributed by atoms with Crippen LogP contribution in [-0.4, -0.2) is 60.6 Å². The van der Waals surface area contributed by atoms with E-state index in [1.54, 1.807) is 0 Å². The quantitative estimate of drug-likeness (QED) is 0.760. The van der Waals surface area contributed by atoms with Crippen molar-refractivity contribution in [2.24, 2.45) is 0 Å². The second kappa shape index (κ2) is 6.07. The van der Waals surface area contributed by atoms with Gasteiger partial charge in [0.2, 0.25) is 5.91 Å². The Balaban J connectivity index is 1.65. The Labute approximate surface area is 108 Å². The van der Waals surface area contributed by atoms with Gasteiger partial charge in [-0.25, -0.2) is 0 Å². The fourth-order valence-electron chi connectivity index (χ4n) is 2.44. The number of nitrogens with one attached hydrogen (secondary N) is 2. The van der Waals surface area contributed by atoms with Crippen LogP contribution in [-0.2, 0) is 4.79 Å². The molecule has 17 heavy (non-hydrogen) atoms. The van der Waals surface area contributed by atoms with Crippen molar-refractivity contribution in [1.29, 1.82) is 0 Å². The van der Waals surface area contributed by atoms with Gasteiger partial charge in [-0.3, -0.25) is 9.69 Å². The number of nitrogens with zero attached hydrogens (tertiary/aromatic N) is 1. The topological polar surface area (TPSA) is 44.4 Å². The smallest absolute Gasteiger partial charge is 0.240 e. The lowest BCUT2D eigenvalue weighted by Crippen LogP contribution is -2.52. The van der Waals surface area contributed by atoms with E-state index in [9.17, 15) is 4.79 Å². The van der Waals surface area contributed by atoms with Crippen LogP contribution in [0, 0.1) is 0 Å². The molecule has 2 N–H and O–H groups in total. The third-order valence-corrected chi connectivity index (χ3v) is 4.63. The Bertz CT molecular complexity index is 260. The zero-order valence-electron chi connectivity index (χ0n) is 10.6. The Morgan fingerprint density at radius 2 is 2.24 bits per heavy atom. The number of amides is 1. The Morgan fingerprint density at radius 3 is 2.88 bits per heavy atom. The van der Waals surface area contributed by atoms with E-state index >= 15 is 0 Å². The van der Waals surface area contributed by atoms with Crippen LogP contribution in [0.2, 0.25) is 0 Å². The van der Waals surface area contributed by atoms with E-state index in [2.05, 4.69) is 15.5 Å². The molecule has 2 saturated heterocycles. The van der Waals surface area contributed by atoms with E-state index in [0.29, 0.717) is 0 Å².